The fraction of sp³-hybridized carbons (Fsp3) is 0.900. The summed E-state index contributed by atoms with van der Waals surface area (Å²) >= 11 is 0. The molecule has 3 atom stereocenters. The second kappa shape index (κ2) is 3.87. The highest BCUT2D eigenvalue weighted by atomic mass is 16.5. The van der Waals surface area contributed by atoms with Gasteiger partial charge in [-0.1, -0.05) is 0 Å². The van der Waals surface area contributed by atoms with Crippen molar-refractivity contribution >= 4 is 5.91 Å². The Labute approximate surface area is 84.4 Å². The molecule has 0 spiro atoms. The second-order valence-electron chi connectivity index (χ2n) is 4.29. The Kier molecular flexibility index (Phi) is 2.74. The number of hydrogen-bond acceptors (Lipinski definition) is 3. The molecule has 14 heavy (non-hydrogen) atoms. The number of carbonyl (C=O) groups is 1. The molecule has 0 bridgehead atoms. The van der Waals surface area contributed by atoms with Crippen molar-refractivity contribution in [1.29, 1.82) is 0 Å². The Balaban J connectivity index is 1.97. The monoisotopic (exact) mass is 198 g/mol. The van der Waals surface area contributed by atoms with Gasteiger partial charge in [0.15, 0.2) is 0 Å². The van der Waals surface area contributed by atoms with Crippen molar-refractivity contribution in [3.63, 3.8) is 0 Å². The molecule has 0 saturated carbocycles. The van der Waals surface area contributed by atoms with Crippen LogP contribution in [0.15, 0.2) is 0 Å². The summed E-state index contributed by atoms with van der Waals surface area (Å²) in [7, 11) is 0. The molecule has 4 nitrogen and oxygen atoms in total. The van der Waals surface area contributed by atoms with E-state index < -0.39 is 0 Å². The second-order valence-corrected chi connectivity index (χ2v) is 4.29. The van der Waals surface area contributed by atoms with Gasteiger partial charge >= 0.3 is 0 Å². The van der Waals surface area contributed by atoms with Gasteiger partial charge in [0.1, 0.15) is 0 Å². The predicted molar refractivity (Wildman–Crippen MR) is 52.7 cm³/mol. The summed E-state index contributed by atoms with van der Waals surface area (Å²) in [6, 6.07) is 0.351. The number of nitrogens with zero attached hydrogens (tertiary/aromatic N) is 1. The maximum Gasteiger partial charge on any atom is 0.228 e. The molecule has 0 radical (unpaired) electrons. The molecule has 4 heteroatoms. The van der Waals surface area contributed by atoms with E-state index in [0.29, 0.717) is 6.61 Å². The van der Waals surface area contributed by atoms with E-state index in [9.17, 15) is 4.79 Å². The Bertz CT molecular complexity index is 226. The van der Waals surface area contributed by atoms with E-state index in [1.807, 2.05) is 11.8 Å². The van der Waals surface area contributed by atoms with E-state index >= 15 is 0 Å². The van der Waals surface area contributed by atoms with Crippen LogP contribution in [-0.4, -0.2) is 42.6 Å². The van der Waals surface area contributed by atoms with Crippen molar-refractivity contribution in [2.75, 3.05) is 19.8 Å². The first kappa shape index (κ1) is 9.93. The van der Waals surface area contributed by atoms with Crippen LogP contribution in [0.5, 0.6) is 0 Å². The van der Waals surface area contributed by atoms with Crippen LogP contribution in [0.2, 0.25) is 0 Å². The highest BCUT2D eigenvalue weighted by Crippen LogP contribution is 2.22. The molecule has 2 fully saturated rings. The summed E-state index contributed by atoms with van der Waals surface area (Å²) in [5.74, 6) is 0.325. The molecular weight excluding hydrogens is 180 g/mol. The van der Waals surface area contributed by atoms with Crippen LogP contribution < -0.4 is 5.73 Å². The minimum Gasteiger partial charge on any atom is -0.381 e. The van der Waals surface area contributed by atoms with Gasteiger partial charge in [0.2, 0.25) is 5.91 Å². The summed E-state index contributed by atoms with van der Waals surface area (Å²) in [6.07, 6.45) is 1.80. The van der Waals surface area contributed by atoms with Gasteiger partial charge in [-0.25, -0.2) is 0 Å². The third-order valence-electron chi connectivity index (χ3n) is 3.38. The lowest BCUT2D eigenvalue weighted by molar-refractivity contribution is -0.136. The number of hydrogen-bond donors (Lipinski definition) is 1. The lowest BCUT2D eigenvalue weighted by Gasteiger charge is -2.25. The van der Waals surface area contributed by atoms with Gasteiger partial charge in [-0.2, -0.15) is 0 Å². The van der Waals surface area contributed by atoms with Crippen LogP contribution in [0, 0.1) is 5.92 Å². The van der Waals surface area contributed by atoms with Crippen LogP contribution in [-0.2, 0) is 9.53 Å². The van der Waals surface area contributed by atoms with E-state index in [1.54, 1.807) is 0 Å². The summed E-state index contributed by atoms with van der Waals surface area (Å²) in [6.45, 7) is 4.17. The normalized spacial score (nSPS) is 37.9. The maximum absolute atomic E-state index is 12.0. The molecule has 0 aromatic carbocycles. The van der Waals surface area contributed by atoms with Crippen molar-refractivity contribution in [3.05, 3.63) is 0 Å². The molecule has 1 amide bonds. The third kappa shape index (κ3) is 1.64. The van der Waals surface area contributed by atoms with Gasteiger partial charge in [-0.15, -0.1) is 0 Å². The lowest BCUT2D eigenvalue weighted by Crippen LogP contribution is -2.43. The van der Waals surface area contributed by atoms with Crippen molar-refractivity contribution in [2.24, 2.45) is 11.7 Å². The largest absolute Gasteiger partial charge is 0.381 e. The molecule has 2 aliphatic heterocycles. The van der Waals surface area contributed by atoms with Crippen molar-refractivity contribution in [1.82, 2.24) is 4.90 Å². The fourth-order valence-electron chi connectivity index (χ4n) is 2.24. The quantitative estimate of drug-likeness (QED) is 0.644. The number of rotatable bonds is 1. The lowest BCUT2D eigenvalue weighted by atomic mass is 10.1. The van der Waals surface area contributed by atoms with Crippen LogP contribution in [0.1, 0.15) is 19.8 Å². The zero-order valence-corrected chi connectivity index (χ0v) is 8.61. The molecule has 2 heterocycles. The number of carbonyl (C=O) groups excluding carboxylic acids is 1. The van der Waals surface area contributed by atoms with Crippen LogP contribution in [0.4, 0.5) is 0 Å². The zero-order chi connectivity index (χ0) is 10.1. The molecule has 3 unspecified atom stereocenters. The first-order valence-electron chi connectivity index (χ1n) is 5.34. The third-order valence-corrected chi connectivity index (χ3v) is 3.38. The van der Waals surface area contributed by atoms with Crippen LogP contribution in [0.3, 0.4) is 0 Å². The smallest absolute Gasteiger partial charge is 0.228 e. The Morgan fingerprint density at radius 2 is 2.29 bits per heavy atom. The van der Waals surface area contributed by atoms with Gasteiger partial charge in [0.25, 0.3) is 0 Å². The number of ether oxygens (including phenoxy) is 1. The Morgan fingerprint density at radius 1 is 1.50 bits per heavy atom. The Morgan fingerprint density at radius 3 is 2.79 bits per heavy atom. The van der Waals surface area contributed by atoms with Crippen LogP contribution in [0.25, 0.3) is 0 Å². The number of amides is 1. The minimum atomic E-state index is 0.0859. The van der Waals surface area contributed by atoms with E-state index in [-0.39, 0.29) is 23.9 Å². The average Bonchev–Trinajstić information content (AvgIpc) is 2.77. The van der Waals surface area contributed by atoms with Gasteiger partial charge in [-0.05, 0) is 19.8 Å². The predicted octanol–water partition coefficient (Wildman–Crippen LogP) is -0.0290. The first-order valence-corrected chi connectivity index (χ1v) is 5.34. The number of likely N-dealkylation sites (tertiary alicyclic amines) is 1. The molecule has 0 aliphatic carbocycles. The molecule has 0 aromatic heterocycles. The van der Waals surface area contributed by atoms with E-state index in [4.69, 9.17) is 10.5 Å². The molecule has 2 saturated heterocycles. The SMILES string of the molecule is CC1C(N)CCN1C(=O)C1CCOC1. The summed E-state index contributed by atoms with van der Waals surface area (Å²) < 4.78 is 5.22. The molecular formula is C10H18N2O2. The standard InChI is InChI=1S/C10H18N2O2/c1-7-9(11)2-4-12(7)10(13)8-3-5-14-6-8/h7-9H,2-6,11H2,1H3. The van der Waals surface area contributed by atoms with Crippen LogP contribution >= 0.6 is 0 Å². The van der Waals surface area contributed by atoms with Crippen molar-refractivity contribution in [3.8, 4) is 0 Å². The van der Waals surface area contributed by atoms with Gasteiger partial charge < -0.3 is 15.4 Å². The van der Waals surface area contributed by atoms with E-state index in [2.05, 4.69) is 0 Å². The molecule has 0 aromatic rings. The Hall–Kier alpha value is -0.610. The minimum absolute atomic E-state index is 0.0859. The zero-order valence-electron chi connectivity index (χ0n) is 8.61. The molecule has 80 valence electrons. The molecule has 2 aliphatic rings. The molecule has 2 N–H and O–H groups in total. The van der Waals surface area contributed by atoms with E-state index in [1.165, 1.54) is 0 Å². The summed E-state index contributed by atoms with van der Waals surface area (Å²) in [4.78, 5) is 13.9. The average molecular weight is 198 g/mol. The van der Waals surface area contributed by atoms with Gasteiger partial charge in [0.05, 0.1) is 12.5 Å². The van der Waals surface area contributed by atoms with Crippen molar-refractivity contribution < 1.29 is 9.53 Å². The summed E-state index contributed by atoms with van der Waals surface area (Å²) in [5, 5.41) is 0. The van der Waals surface area contributed by atoms with Gasteiger partial charge in [0, 0.05) is 25.2 Å². The number of nitrogens with two attached hydrogens (primary N) is 1. The fourth-order valence-corrected chi connectivity index (χ4v) is 2.24. The van der Waals surface area contributed by atoms with Crippen molar-refractivity contribution in [2.45, 2.75) is 31.8 Å². The topological polar surface area (TPSA) is 55.6 Å². The maximum atomic E-state index is 12.0. The highest BCUT2D eigenvalue weighted by molar-refractivity contribution is 5.80. The first-order chi connectivity index (χ1) is 6.70. The highest BCUT2D eigenvalue weighted by Gasteiger charge is 2.36. The summed E-state index contributed by atoms with van der Waals surface area (Å²) in [5.41, 5.74) is 5.88. The molecule has 2 rings (SSSR count). The van der Waals surface area contributed by atoms with E-state index in [0.717, 1.165) is 26.0 Å². The van der Waals surface area contributed by atoms with Gasteiger partial charge in [-0.3, -0.25) is 4.79 Å².